The summed E-state index contributed by atoms with van der Waals surface area (Å²) in [6, 6.07) is -1.01. The van der Waals surface area contributed by atoms with Gasteiger partial charge < -0.3 is 24.8 Å². The van der Waals surface area contributed by atoms with Crippen molar-refractivity contribution in [2.45, 2.75) is 44.9 Å². The molecule has 1 amide bonds. The van der Waals surface area contributed by atoms with Gasteiger partial charge in [0.15, 0.2) is 11.9 Å². The number of nitrogens with zero attached hydrogens (tertiary/aromatic N) is 2. The number of aryl methyl sites for hydroxylation is 1. The lowest BCUT2D eigenvalue weighted by molar-refractivity contribution is -0.152. The molecular formula is C16H24N4O5. The maximum absolute atomic E-state index is 12.5. The largest absolute Gasteiger partial charge is 0.461 e. The number of imidazole rings is 1. The second-order valence-corrected chi connectivity index (χ2v) is 5.78. The van der Waals surface area contributed by atoms with Gasteiger partial charge in [0.25, 0.3) is 5.91 Å². The summed E-state index contributed by atoms with van der Waals surface area (Å²) in [6.07, 6.45) is 2.47. The fourth-order valence-electron chi connectivity index (χ4n) is 2.10. The predicted octanol–water partition coefficient (Wildman–Crippen LogP) is 0.543. The van der Waals surface area contributed by atoms with Gasteiger partial charge in [0.05, 0.1) is 24.3 Å². The highest BCUT2D eigenvalue weighted by Gasteiger charge is 2.29. The van der Waals surface area contributed by atoms with Crippen LogP contribution in [0.2, 0.25) is 0 Å². The Morgan fingerprint density at radius 3 is 2.56 bits per heavy atom. The SMILES string of the molecule is CO[C@H](C(=O)N[C@@H](CCC(=O)C=N)C(=O)OC(C)C)c1cn(C)cn1. The number of carbonyl (C=O) groups is 3. The average Bonchev–Trinajstić information content (AvgIpc) is 2.97. The fraction of sp³-hybridized carbons (Fsp3) is 0.562. The molecule has 1 rings (SSSR count). The van der Waals surface area contributed by atoms with Gasteiger partial charge in [-0.3, -0.25) is 9.59 Å². The van der Waals surface area contributed by atoms with Crippen LogP contribution in [0.15, 0.2) is 12.5 Å². The predicted molar refractivity (Wildman–Crippen MR) is 89.1 cm³/mol. The van der Waals surface area contributed by atoms with E-state index in [1.165, 1.54) is 13.4 Å². The monoisotopic (exact) mass is 352 g/mol. The molecule has 0 radical (unpaired) electrons. The summed E-state index contributed by atoms with van der Waals surface area (Å²) in [7, 11) is 3.12. The summed E-state index contributed by atoms with van der Waals surface area (Å²) in [5.41, 5.74) is 0.397. The van der Waals surface area contributed by atoms with Crippen LogP contribution < -0.4 is 5.32 Å². The number of nitrogens with one attached hydrogen (secondary N) is 2. The molecule has 0 fully saturated rings. The van der Waals surface area contributed by atoms with E-state index in [0.717, 1.165) is 0 Å². The van der Waals surface area contributed by atoms with Crippen LogP contribution in [-0.4, -0.2) is 52.7 Å². The van der Waals surface area contributed by atoms with E-state index in [-0.39, 0.29) is 18.9 Å². The summed E-state index contributed by atoms with van der Waals surface area (Å²) in [5, 5.41) is 9.46. The second kappa shape index (κ2) is 9.67. The number of ketones is 1. The molecule has 0 spiro atoms. The van der Waals surface area contributed by atoms with Crippen molar-refractivity contribution >= 4 is 23.9 Å². The highest BCUT2D eigenvalue weighted by atomic mass is 16.5. The van der Waals surface area contributed by atoms with Gasteiger partial charge in [-0.05, 0) is 20.3 Å². The standard InChI is InChI=1S/C16H24N4O5/c1-10(2)25-16(23)12(6-5-11(21)7-17)19-15(22)14(24-4)13-8-20(3)9-18-13/h7-10,12,14,17H,5-6H2,1-4H3,(H,19,22)/t12-,14-/m0/s1. The third kappa shape index (κ3) is 6.46. The van der Waals surface area contributed by atoms with E-state index in [1.54, 1.807) is 31.7 Å². The van der Waals surface area contributed by atoms with E-state index in [2.05, 4.69) is 10.3 Å². The zero-order valence-electron chi connectivity index (χ0n) is 14.8. The number of carbonyl (C=O) groups excluding carboxylic acids is 3. The quantitative estimate of drug-likeness (QED) is 0.468. The third-order valence-electron chi connectivity index (χ3n) is 3.26. The van der Waals surface area contributed by atoms with Gasteiger partial charge in [-0.1, -0.05) is 0 Å². The Morgan fingerprint density at radius 2 is 2.08 bits per heavy atom. The molecule has 9 heteroatoms. The maximum atomic E-state index is 12.5. The van der Waals surface area contributed by atoms with Crippen molar-refractivity contribution < 1.29 is 23.9 Å². The number of Topliss-reactive ketones (excluding diaryl/α,β-unsaturated/α-hetero) is 1. The van der Waals surface area contributed by atoms with Crippen molar-refractivity contribution in [1.82, 2.24) is 14.9 Å². The summed E-state index contributed by atoms with van der Waals surface area (Å²) in [4.78, 5) is 40.0. The van der Waals surface area contributed by atoms with E-state index in [4.69, 9.17) is 14.9 Å². The van der Waals surface area contributed by atoms with Crippen LogP contribution in [0.1, 0.15) is 38.5 Å². The lowest BCUT2D eigenvalue weighted by Gasteiger charge is -2.21. The first kappa shape index (κ1) is 20.5. The number of hydrogen-bond acceptors (Lipinski definition) is 7. The van der Waals surface area contributed by atoms with Crippen molar-refractivity contribution in [3.05, 3.63) is 18.2 Å². The van der Waals surface area contributed by atoms with Crippen molar-refractivity contribution in [2.75, 3.05) is 7.11 Å². The topological polar surface area (TPSA) is 123 Å². The number of esters is 1. The first-order valence-electron chi connectivity index (χ1n) is 7.83. The minimum atomic E-state index is -1.01. The van der Waals surface area contributed by atoms with Crippen LogP contribution in [0, 0.1) is 5.41 Å². The first-order valence-corrected chi connectivity index (χ1v) is 7.83. The molecule has 138 valence electrons. The molecule has 1 heterocycles. The van der Waals surface area contributed by atoms with Gasteiger partial charge >= 0.3 is 5.97 Å². The van der Waals surface area contributed by atoms with Crippen LogP contribution in [0.25, 0.3) is 0 Å². The maximum Gasteiger partial charge on any atom is 0.328 e. The van der Waals surface area contributed by atoms with Crippen molar-refractivity contribution in [1.29, 1.82) is 5.41 Å². The highest BCUT2D eigenvalue weighted by Crippen LogP contribution is 2.15. The zero-order chi connectivity index (χ0) is 19.0. The van der Waals surface area contributed by atoms with E-state index in [9.17, 15) is 14.4 Å². The van der Waals surface area contributed by atoms with E-state index < -0.39 is 29.8 Å². The Balaban J connectivity index is 2.85. The molecule has 1 aromatic heterocycles. The molecule has 0 unspecified atom stereocenters. The molecule has 25 heavy (non-hydrogen) atoms. The molecule has 2 N–H and O–H groups in total. The molecule has 0 bridgehead atoms. The number of ether oxygens (including phenoxy) is 2. The summed E-state index contributed by atoms with van der Waals surface area (Å²) in [6.45, 7) is 3.37. The number of amides is 1. The minimum Gasteiger partial charge on any atom is -0.461 e. The van der Waals surface area contributed by atoms with Crippen molar-refractivity contribution in [3.8, 4) is 0 Å². The number of aromatic nitrogens is 2. The van der Waals surface area contributed by atoms with Gasteiger partial charge in [0.1, 0.15) is 6.04 Å². The smallest absolute Gasteiger partial charge is 0.328 e. The van der Waals surface area contributed by atoms with Crippen LogP contribution in [0.4, 0.5) is 0 Å². The number of methoxy groups -OCH3 is 1. The lowest BCUT2D eigenvalue weighted by Crippen LogP contribution is -2.45. The zero-order valence-corrected chi connectivity index (χ0v) is 14.8. The van der Waals surface area contributed by atoms with E-state index in [0.29, 0.717) is 11.9 Å². The Bertz CT molecular complexity index is 626. The Morgan fingerprint density at radius 1 is 1.40 bits per heavy atom. The Hall–Kier alpha value is -2.55. The molecule has 0 aliphatic carbocycles. The van der Waals surface area contributed by atoms with Crippen LogP contribution in [0.5, 0.6) is 0 Å². The molecular weight excluding hydrogens is 328 g/mol. The molecule has 9 nitrogen and oxygen atoms in total. The normalized spacial score (nSPS) is 13.2. The Kier molecular flexibility index (Phi) is 7.93. The average molecular weight is 352 g/mol. The first-order chi connectivity index (χ1) is 11.8. The molecule has 2 atom stereocenters. The Labute approximate surface area is 146 Å². The molecule has 0 aromatic carbocycles. The van der Waals surface area contributed by atoms with E-state index >= 15 is 0 Å². The molecule has 1 aromatic rings. The highest BCUT2D eigenvalue weighted by molar-refractivity contribution is 6.26. The molecule has 0 aliphatic rings. The summed E-state index contributed by atoms with van der Waals surface area (Å²) < 4.78 is 12.0. The third-order valence-corrected chi connectivity index (χ3v) is 3.26. The lowest BCUT2D eigenvalue weighted by atomic mass is 10.1. The summed E-state index contributed by atoms with van der Waals surface area (Å²) in [5.74, 6) is -1.64. The van der Waals surface area contributed by atoms with Crippen LogP contribution in [-0.2, 0) is 30.9 Å². The van der Waals surface area contributed by atoms with Gasteiger partial charge in [-0.2, -0.15) is 0 Å². The minimum absolute atomic E-state index is 0.0319. The van der Waals surface area contributed by atoms with Gasteiger partial charge in [-0.25, -0.2) is 9.78 Å². The summed E-state index contributed by atoms with van der Waals surface area (Å²) >= 11 is 0. The number of hydrogen-bond donors (Lipinski definition) is 2. The van der Waals surface area contributed by atoms with E-state index in [1.807, 2.05) is 0 Å². The molecule has 0 saturated carbocycles. The molecule has 0 aliphatic heterocycles. The van der Waals surface area contributed by atoms with Crippen LogP contribution in [0.3, 0.4) is 0 Å². The van der Waals surface area contributed by atoms with Gasteiger partial charge in [0, 0.05) is 26.8 Å². The number of rotatable bonds is 10. The van der Waals surface area contributed by atoms with Crippen molar-refractivity contribution in [3.63, 3.8) is 0 Å². The van der Waals surface area contributed by atoms with Crippen molar-refractivity contribution in [2.24, 2.45) is 7.05 Å². The second-order valence-electron chi connectivity index (χ2n) is 5.78. The van der Waals surface area contributed by atoms with Gasteiger partial charge in [-0.15, -0.1) is 0 Å². The van der Waals surface area contributed by atoms with Gasteiger partial charge in [0.2, 0.25) is 0 Å². The fourth-order valence-corrected chi connectivity index (χ4v) is 2.10. The molecule has 0 saturated heterocycles. The van der Waals surface area contributed by atoms with Crippen LogP contribution >= 0.6 is 0 Å².